The maximum Gasteiger partial charge on any atom is 0 e. The summed E-state index contributed by atoms with van der Waals surface area (Å²) in [4.78, 5) is 0. The van der Waals surface area contributed by atoms with Crippen LogP contribution in [-0.2, 0) is 41.9 Å². The van der Waals surface area contributed by atoms with Crippen molar-refractivity contribution < 1.29 is 41.9 Å². The van der Waals surface area contributed by atoms with Gasteiger partial charge in [0.05, 0.1) is 0 Å². The van der Waals surface area contributed by atoms with Crippen molar-refractivity contribution in [3.05, 3.63) is 0 Å². The molecule has 0 aromatic heterocycles. The molecule has 0 spiro atoms. The molecule has 0 aromatic carbocycles. The second-order valence-corrected chi connectivity index (χ2v) is 0. The Morgan fingerprint density at radius 2 is 1.00 bits per heavy atom. The predicted octanol–water partition coefficient (Wildman–Crippen LogP) is -0.273. The molecule has 4 radical (unpaired) electrons. The fraction of sp³-hybridized carbons (Fsp3) is 0. The molecule has 4 heavy (non-hydrogen) atoms. The zero-order valence-corrected chi connectivity index (χ0v) is 10.8. The third-order valence-electron chi connectivity index (χ3n) is 0. The second-order valence-electron chi connectivity index (χ2n) is 0. The van der Waals surface area contributed by atoms with Gasteiger partial charge in [-0.05, 0) is 0 Å². The summed E-state index contributed by atoms with van der Waals surface area (Å²) in [6.07, 6.45) is 0. The average molecular weight is 322 g/mol. The van der Waals surface area contributed by atoms with Crippen LogP contribution in [0.2, 0.25) is 0 Å². The molecule has 0 N–H and O–H groups in total. The summed E-state index contributed by atoms with van der Waals surface area (Å²) in [5, 5.41) is 0. The molecule has 0 aliphatic rings. The molecule has 0 aliphatic carbocycles. The zero-order chi connectivity index (χ0) is 0. The van der Waals surface area contributed by atoms with Crippen LogP contribution in [0, 0.1) is 0 Å². The number of hydrogen-bond donors (Lipinski definition) is 0. The number of rotatable bonds is 0. The van der Waals surface area contributed by atoms with Crippen LogP contribution in [0.1, 0.15) is 0 Å². The van der Waals surface area contributed by atoms with Crippen molar-refractivity contribution in [3.63, 3.8) is 0 Å². The molecular formula is H2AgInSZn. The van der Waals surface area contributed by atoms with Crippen LogP contribution < -0.4 is 0 Å². The summed E-state index contributed by atoms with van der Waals surface area (Å²) < 4.78 is 0. The van der Waals surface area contributed by atoms with Crippen LogP contribution in [0.5, 0.6) is 0 Å². The Morgan fingerprint density at radius 3 is 1.00 bits per heavy atom. The minimum Gasteiger partial charge on any atom is -0.197 e. The summed E-state index contributed by atoms with van der Waals surface area (Å²) in [5.74, 6) is 0. The Hall–Kier alpha value is 2.58. The van der Waals surface area contributed by atoms with Crippen LogP contribution >= 0.6 is 13.5 Å². The van der Waals surface area contributed by atoms with Crippen LogP contribution in [0.25, 0.3) is 0 Å². The van der Waals surface area contributed by atoms with E-state index >= 15 is 0 Å². The monoisotopic (exact) mass is 320 g/mol. The molecule has 0 nitrogen and oxygen atoms in total. The van der Waals surface area contributed by atoms with Crippen molar-refractivity contribution in [3.8, 4) is 0 Å². The van der Waals surface area contributed by atoms with Gasteiger partial charge in [-0.3, -0.25) is 0 Å². The SMILES string of the molecule is S.[Ag].[In].[Zn]. The van der Waals surface area contributed by atoms with Gasteiger partial charge in [-0.2, -0.15) is 13.5 Å². The van der Waals surface area contributed by atoms with Crippen molar-refractivity contribution in [2.24, 2.45) is 0 Å². The maximum absolute atomic E-state index is 0. The van der Waals surface area contributed by atoms with Crippen molar-refractivity contribution in [2.45, 2.75) is 0 Å². The summed E-state index contributed by atoms with van der Waals surface area (Å²) >= 11 is 0. The summed E-state index contributed by atoms with van der Waals surface area (Å²) in [7, 11) is 0. The Morgan fingerprint density at radius 1 is 1.00 bits per heavy atom. The smallest absolute Gasteiger partial charge is 0 e. The molecule has 0 saturated heterocycles. The first-order valence-corrected chi connectivity index (χ1v) is 0. The van der Waals surface area contributed by atoms with Crippen molar-refractivity contribution >= 4 is 39.3 Å². The van der Waals surface area contributed by atoms with E-state index in [4.69, 9.17) is 0 Å². The van der Waals surface area contributed by atoms with Crippen LogP contribution in [0.15, 0.2) is 0 Å². The molecule has 0 heterocycles. The third kappa shape index (κ3) is 8.82. The normalized spacial score (nSPS) is 0. The standard InChI is InChI=1S/Ag.In.H2S.Zn/h;;1H2;. The summed E-state index contributed by atoms with van der Waals surface area (Å²) in [6.45, 7) is 0. The first-order valence-electron chi connectivity index (χ1n) is 0. The molecule has 0 atom stereocenters. The molecule has 0 bridgehead atoms. The van der Waals surface area contributed by atoms with E-state index in [9.17, 15) is 0 Å². The van der Waals surface area contributed by atoms with Crippen molar-refractivity contribution in [2.75, 3.05) is 0 Å². The van der Waals surface area contributed by atoms with Crippen molar-refractivity contribution in [1.82, 2.24) is 0 Å². The van der Waals surface area contributed by atoms with E-state index in [1.54, 1.807) is 0 Å². The van der Waals surface area contributed by atoms with Gasteiger partial charge in [0.1, 0.15) is 0 Å². The van der Waals surface area contributed by atoms with Gasteiger partial charge in [-0.1, -0.05) is 0 Å². The van der Waals surface area contributed by atoms with Gasteiger partial charge < -0.3 is 0 Å². The minimum absolute atomic E-state index is 0. The zero-order valence-electron chi connectivity index (χ0n) is 2.09. The molecule has 0 unspecified atom stereocenters. The molecule has 0 aromatic rings. The van der Waals surface area contributed by atoms with Crippen molar-refractivity contribution in [1.29, 1.82) is 0 Å². The predicted molar refractivity (Wildman–Crippen MR) is 16.1 cm³/mol. The third-order valence-corrected chi connectivity index (χ3v) is 0. The van der Waals surface area contributed by atoms with Gasteiger partial charge in [-0.15, -0.1) is 0 Å². The fourth-order valence-electron chi connectivity index (χ4n) is 0. The van der Waals surface area contributed by atoms with E-state index in [1.807, 2.05) is 0 Å². The summed E-state index contributed by atoms with van der Waals surface area (Å²) in [6, 6.07) is 0. The molecular weight excluding hydrogens is 320 g/mol. The van der Waals surface area contributed by atoms with E-state index in [2.05, 4.69) is 0 Å². The Bertz CT molecular complexity index is 8.00. The maximum atomic E-state index is 0. The summed E-state index contributed by atoms with van der Waals surface area (Å²) in [5.41, 5.74) is 0. The molecule has 0 saturated carbocycles. The Labute approximate surface area is 80.0 Å². The van der Waals surface area contributed by atoms with E-state index in [0.29, 0.717) is 0 Å². The molecule has 0 fully saturated rings. The second kappa shape index (κ2) is 17.6. The van der Waals surface area contributed by atoms with Gasteiger partial charge in [-0.25, -0.2) is 0 Å². The molecule has 24 valence electrons. The van der Waals surface area contributed by atoms with Crippen LogP contribution in [0.3, 0.4) is 0 Å². The van der Waals surface area contributed by atoms with Gasteiger partial charge >= 0.3 is 0 Å². The topological polar surface area (TPSA) is 0 Å². The molecule has 0 amide bonds. The first kappa shape index (κ1) is 30.7. The minimum atomic E-state index is 0. The van der Waals surface area contributed by atoms with Gasteiger partial charge in [0, 0.05) is 67.7 Å². The number of hydrogen-bond acceptors (Lipinski definition) is 0. The Balaban J connectivity index is 0. The Kier molecular flexibility index (Phi) is 135. The quantitative estimate of drug-likeness (QED) is 0.539. The van der Waals surface area contributed by atoms with Gasteiger partial charge in [0.2, 0.25) is 0 Å². The van der Waals surface area contributed by atoms with Gasteiger partial charge in [0.25, 0.3) is 0 Å². The molecule has 0 rings (SSSR count). The van der Waals surface area contributed by atoms with E-state index in [-0.39, 0.29) is 81.2 Å². The van der Waals surface area contributed by atoms with Crippen LogP contribution in [-0.4, -0.2) is 25.8 Å². The van der Waals surface area contributed by atoms with E-state index < -0.39 is 0 Å². The molecule has 4 heteroatoms. The van der Waals surface area contributed by atoms with E-state index in [0.717, 1.165) is 0 Å². The fourth-order valence-corrected chi connectivity index (χ4v) is 0. The average Bonchev–Trinajstić information content (AvgIpc) is 0. The molecule has 0 aliphatic heterocycles. The largest absolute Gasteiger partial charge is 0.197 e. The first-order chi connectivity index (χ1) is 0. The van der Waals surface area contributed by atoms with Gasteiger partial charge in [0.15, 0.2) is 0 Å². The van der Waals surface area contributed by atoms with Crippen LogP contribution in [0.4, 0.5) is 0 Å². The van der Waals surface area contributed by atoms with E-state index in [1.165, 1.54) is 0 Å².